The zero-order valence-electron chi connectivity index (χ0n) is 11.1. The summed E-state index contributed by atoms with van der Waals surface area (Å²) in [4.78, 5) is 0. The Morgan fingerprint density at radius 2 is 1.90 bits per heavy atom. The third-order valence-electron chi connectivity index (χ3n) is 2.09. The van der Waals surface area contributed by atoms with Crippen molar-refractivity contribution in [3.8, 4) is 5.75 Å². The van der Waals surface area contributed by atoms with Crippen LogP contribution in [0.3, 0.4) is 0 Å². The third kappa shape index (κ3) is 7.68. The van der Waals surface area contributed by atoms with Crippen LogP contribution in [0.2, 0.25) is 0 Å². The summed E-state index contributed by atoms with van der Waals surface area (Å²) in [6, 6.07) is 3.42. The molecule has 0 radical (unpaired) electrons. The number of rotatable bonds is 7. The Morgan fingerprint density at radius 3 is 2.38 bits per heavy atom. The largest absolute Gasteiger partial charge is 1.00 e. The maximum atomic E-state index is 11.2. The second-order valence-corrected chi connectivity index (χ2v) is 8.52. The van der Waals surface area contributed by atoms with E-state index in [1.165, 1.54) is 6.07 Å². The van der Waals surface area contributed by atoms with Crippen LogP contribution in [-0.4, -0.2) is 59.5 Å². The molecular formula is C9H14AsNNaO8S+. The van der Waals surface area contributed by atoms with E-state index < -0.39 is 30.2 Å². The molecular weight excluding hydrogens is 380 g/mol. The van der Waals surface area contributed by atoms with Gasteiger partial charge in [-0.3, -0.25) is 0 Å². The summed E-state index contributed by atoms with van der Waals surface area (Å²) in [6.45, 7) is -0.372. The molecule has 0 saturated carbocycles. The molecule has 0 amide bonds. The minimum Gasteiger partial charge on any atom is 1.00 e. The van der Waals surface area contributed by atoms with Crippen molar-refractivity contribution >= 4 is 34.3 Å². The van der Waals surface area contributed by atoms with E-state index in [9.17, 15) is 12.2 Å². The summed E-state index contributed by atoms with van der Waals surface area (Å²) in [5, 5.41) is 11.0. The van der Waals surface area contributed by atoms with Gasteiger partial charge in [-0.15, -0.1) is 0 Å². The first-order valence-corrected chi connectivity index (χ1v) is 10.3. The van der Waals surface area contributed by atoms with E-state index in [-0.39, 0.29) is 58.6 Å². The van der Waals surface area contributed by atoms with Crippen molar-refractivity contribution in [2.24, 2.45) is 0 Å². The van der Waals surface area contributed by atoms with Crippen molar-refractivity contribution in [3.05, 3.63) is 18.2 Å². The fourth-order valence-corrected chi connectivity index (χ4v) is 2.81. The average molecular weight is 394 g/mol. The Morgan fingerprint density at radius 1 is 1.29 bits per heavy atom. The molecule has 0 bridgehead atoms. The first-order valence-electron chi connectivity index (χ1n) is 5.26. The molecule has 0 spiro atoms. The van der Waals surface area contributed by atoms with Gasteiger partial charge in [-0.2, -0.15) is 0 Å². The molecule has 1 aromatic carbocycles. The first-order chi connectivity index (χ1) is 9.13. The van der Waals surface area contributed by atoms with E-state index in [4.69, 9.17) is 22.6 Å². The zero-order valence-corrected chi connectivity index (χ0v) is 15.8. The van der Waals surface area contributed by atoms with Crippen LogP contribution >= 0.6 is 0 Å². The molecule has 0 aliphatic rings. The normalized spacial score (nSPS) is 11.6. The zero-order chi connectivity index (χ0) is 15.4. The summed E-state index contributed by atoms with van der Waals surface area (Å²) in [5.41, 5.74) is -0.0155. The molecule has 0 heterocycles. The number of aliphatic hydroxyl groups is 1. The van der Waals surface area contributed by atoms with Gasteiger partial charge in [0.1, 0.15) is 0 Å². The van der Waals surface area contributed by atoms with Crippen molar-refractivity contribution in [1.29, 1.82) is 0 Å². The van der Waals surface area contributed by atoms with Gasteiger partial charge in [0.25, 0.3) is 0 Å². The maximum Gasteiger partial charge on any atom is 1.00 e. The van der Waals surface area contributed by atoms with E-state index in [2.05, 4.69) is 5.32 Å². The number of ether oxygens (including phenoxy) is 1. The molecule has 0 aliphatic carbocycles. The predicted octanol–water partition coefficient (Wildman–Crippen LogP) is -5.12. The van der Waals surface area contributed by atoms with Crippen molar-refractivity contribution < 1.29 is 64.3 Å². The van der Waals surface area contributed by atoms with E-state index in [1.807, 2.05) is 0 Å². The van der Waals surface area contributed by atoms with Crippen LogP contribution in [0.25, 0.3) is 0 Å². The Hall–Kier alpha value is -0.0316. The van der Waals surface area contributed by atoms with Crippen LogP contribution in [0, 0.1) is 0 Å². The van der Waals surface area contributed by atoms with Crippen molar-refractivity contribution in [3.63, 3.8) is 0 Å². The predicted molar refractivity (Wildman–Crippen MR) is 69.6 cm³/mol. The Bertz CT molecular complexity index is 616. The van der Waals surface area contributed by atoms with Gasteiger partial charge in [-0.25, -0.2) is 0 Å². The molecule has 0 fully saturated rings. The van der Waals surface area contributed by atoms with Gasteiger partial charge in [0.2, 0.25) is 0 Å². The van der Waals surface area contributed by atoms with Crippen LogP contribution in [0.5, 0.6) is 5.75 Å². The fraction of sp³-hybridized carbons (Fsp3) is 0.333. The van der Waals surface area contributed by atoms with Gasteiger partial charge in [0, 0.05) is 0 Å². The quantitative estimate of drug-likeness (QED) is 0.226. The summed E-state index contributed by atoms with van der Waals surface area (Å²) in [6.07, 6.45) is 0. The Labute approximate surface area is 146 Å². The van der Waals surface area contributed by atoms with Gasteiger partial charge in [-0.05, 0) is 0 Å². The summed E-state index contributed by atoms with van der Waals surface area (Å²) >= 11 is -5.14. The molecule has 0 aromatic heterocycles. The standard InChI is InChI=1S/C9H14AsNO8S.Na/c12-3-4-19-9-2-1-7(10(13,14)15)5-8(9)11-6-20(16,17)18;/h1-2,5,11-12H,3-4,6H2,(H2,13,14,15)(H,16,17,18);/q;+1. The minimum atomic E-state index is -5.14. The topological polar surface area (TPSA) is 153 Å². The third-order valence-corrected chi connectivity index (χ3v) is 4.60. The summed E-state index contributed by atoms with van der Waals surface area (Å²) in [7, 11) is -4.31. The molecule has 0 saturated heterocycles. The number of hydrogen-bond donors (Lipinski definition) is 5. The van der Waals surface area contributed by atoms with E-state index in [0.29, 0.717) is 0 Å². The number of anilines is 1. The Kier molecular flexibility index (Phi) is 8.55. The molecule has 1 aromatic rings. The molecule has 114 valence electrons. The molecule has 0 atom stereocenters. The van der Waals surface area contributed by atoms with Gasteiger partial charge >= 0.3 is 147 Å². The van der Waals surface area contributed by atoms with Crippen molar-refractivity contribution in [2.45, 2.75) is 0 Å². The number of aliphatic hydroxyl groups excluding tert-OH is 1. The van der Waals surface area contributed by atoms with Crippen LogP contribution in [0.4, 0.5) is 5.69 Å². The summed E-state index contributed by atoms with van der Waals surface area (Å²) < 4.78 is 64.2. The van der Waals surface area contributed by atoms with Crippen LogP contribution in [-0.2, 0) is 13.9 Å². The molecule has 9 nitrogen and oxygen atoms in total. The maximum absolute atomic E-state index is 11.2. The van der Waals surface area contributed by atoms with Crippen molar-refractivity contribution in [1.82, 2.24) is 0 Å². The van der Waals surface area contributed by atoms with Crippen LogP contribution in [0.1, 0.15) is 0 Å². The van der Waals surface area contributed by atoms with Crippen LogP contribution in [0.15, 0.2) is 18.2 Å². The monoisotopic (exact) mass is 394 g/mol. The summed E-state index contributed by atoms with van der Waals surface area (Å²) in [5.74, 6) is -0.754. The SMILES string of the molecule is O=S(=O)(O)CNc1cc([As](=O)(O)O)ccc1OCCO.[Na+]. The number of nitrogens with one attached hydrogen (secondary N) is 1. The first kappa shape index (κ1) is 21.0. The van der Waals surface area contributed by atoms with E-state index in [1.54, 1.807) is 0 Å². The number of hydrogen-bond acceptors (Lipinski definition) is 6. The average Bonchev–Trinajstić information content (AvgIpc) is 2.32. The molecule has 0 unspecified atom stereocenters. The van der Waals surface area contributed by atoms with Gasteiger partial charge < -0.3 is 0 Å². The Balaban J connectivity index is 0.00000400. The van der Waals surface area contributed by atoms with E-state index >= 15 is 0 Å². The number of benzene rings is 1. The van der Waals surface area contributed by atoms with E-state index in [0.717, 1.165) is 12.1 Å². The van der Waals surface area contributed by atoms with Crippen molar-refractivity contribution in [2.75, 3.05) is 24.4 Å². The molecule has 5 N–H and O–H groups in total. The van der Waals surface area contributed by atoms with Gasteiger partial charge in [-0.1, -0.05) is 0 Å². The second-order valence-electron chi connectivity index (χ2n) is 3.70. The van der Waals surface area contributed by atoms with Gasteiger partial charge in [0.05, 0.1) is 0 Å². The second kappa shape index (κ2) is 8.56. The molecule has 12 heteroatoms. The molecule has 1 rings (SSSR count). The minimum absolute atomic E-state index is 0. The van der Waals surface area contributed by atoms with Gasteiger partial charge in [0.15, 0.2) is 0 Å². The van der Waals surface area contributed by atoms with Crippen LogP contribution < -0.4 is 44.0 Å². The smallest absolute Gasteiger partial charge is 1.00 e. The molecule has 0 aliphatic heterocycles. The fourth-order valence-electron chi connectivity index (χ4n) is 1.29. The molecule has 21 heavy (non-hydrogen) atoms.